The standard InChI is InChI=1S/C18H20O3/c1-13(2)20-18(19)14(3)21-17-11-9-16(10-12-17)15-7-5-4-6-8-15/h4-14H,1-3H3/t14-/m0/s1. The Labute approximate surface area is 125 Å². The minimum absolute atomic E-state index is 0.135. The molecule has 3 heteroatoms. The number of hydrogen-bond acceptors (Lipinski definition) is 3. The Hall–Kier alpha value is -2.29. The molecule has 0 heterocycles. The molecule has 21 heavy (non-hydrogen) atoms. The molecule has 3 nitrogen and oxygen atoms in total. The van der Waals surface area contributed by atoms with Crippen molar-refractivity contribution in [3.05, 3.63) is 54.6 Å². The Morgan fingerprint density at radius 1 is 0.857 bits per heavy atom. The highest BCUT2D eigenvalue weighted by Crippen LogP contribution is 2.22. The molecule has 0 bridgehead atoms. The molecule has 2 aromatic rings. The Kier molecular flexibility index (Phi) is 4.99. The Morgan fingerprint density at radius 2 is 1.43 bits per heavy atom. The van der Waals surface area contributed by atoms with Crippen molar-refractivity contribution in [3.63, 3.8) is 0 Å². The first kappa shape index (κ1) is 15.1. The van der Waals surface area contributed by atoms with Crippen LogP contribution in [0.15, 0.2) is 54.6 Å². The first-order valence-electron chi connectivity index (χ1n) is 7.09. The van der Waals surface area contributed by atoms with Gasteiger partial charge in [-0.15, -0.1) is 0 Å². The number of ether oxygens (including phenoxy) is 2. The van der Waals surface area contributed by atoms with Crippen LogP contribution in [0, 0.1) is 0 Å². The minimum Gasteiger partial charge on any atom is -0.479 e. The van der Waals surface area contributed by atoms with Gasteiger partial charge in [-0.3, -0.25) is 0 Å². The van der Waals surface area contributed by atoms with Gasteiger partial charge >= 0.3 is 5.97 Å². The molecule has 0 saturated carbocycles. The maximum absolute atomic E-state index is 11.7. The van der Waals surface area contributed by atoms with E-state index < -0.39 is 6.10 Å². The average molecular weight is 284 g/mol. The lowest BCUT2D eigenvalue weighted by Crippen LogP contribution is -2.28. The predicted molar refractivity (Wildman–Crippen MR) is 83.2 cm³/mol. The van der Waals surface area contributed by atoms with E-state index in [2.05, 4.69) is 12.1 Å². The number of rotatable bonds is 5. The molecule has 0 aliphatic rings. The molecule has 0 fully saturated rings. The fraction of sp³-hybridized carbons (Fsp3) is 0.278. The van der Waals surface area contributed by atoms with Crippen LogP contribution in [-0.2, 0) is 9.53 Å². The molecule has 0 aromatic heterocycles. The monoisotopic (exact) mass is 284 g/mol. The Balaban J connectivity index is 2.01. The van der Waals surface area contributed by atoms with E-state index in [1.165, 1.54) is 0 Å². The number of esters is 1. The molecule has 0 N–H and O–H groups in total. The number of benzene rings is 2. The zero-order valence-corrected chi connectivity index (χ0v) is 12.6. The lowest BCUT2D eigenvalue weighted by atomic mass is 10.1. The van der Waals surface area contributed by atoms with Crippen LogP contribution in [0.5, 0.6) is 5.75 Å². The molecule has 0 unspecified atom stereocenters. The summed E-state index contributed by atoms with van der Waals surface area (Å²) in [4.78, 5) is 11.7. The lowest BCUT2D eigenvalue weighted by molar-refractivity contribution is -0.154. The molecule has 2 aromatic carbocycles. The van der Waals surface area contributed by atoms with Crippen molar-refractivity contribution in [1.82, 2.24) is 0 Å². The van der Waals surface area contributed by atoms with Crippen molar-refractivity contribution >= 4 is 5.97 Å². The van der Waals surface area contributed by atoms with E-state index in [9.17, 15) is 4.79 Å². The van der Waals surface area contributed by atoms with E-state index in [0.717, 1.165) is 11.1 Å². The summed E-state index contributed by atoms with van der Waals surface area (Å²) < 4.78 is 10.7. The molecule has 0 radical (unpaired) electrons. The van der Waals surface area contributed by atoms with Crippen LogP contribution in [0.3, 0.4) is 0 Å². The zero-order chi connectivity index (χ0) is 15.2. The summed E-state index contributed by atoms with van der Waals surface area (Å²) in [5, 5.41) is 0. The zero-order valence-electron chi connectivity index (χ0n) is 12.6. The maximum atomic E-state index is 11.7. The largest absolute Gasteiger partial charge is 0.479 e. The third-order valence-electron chi connectivity index (χ3n) is 2.96. The SMILES string of the molecule is CC(C)OC(=O)[C@H](C)Oc1ccc(-c2ccccc2)cc1. The van der Waals surface area contributed by atoms with Crippen LogP contribution in [0.4, 0.5) is 0 Å². The fourth-order valence-corrected chi connectivity index (χ4v) is 1.94. The van der Waals surface area contributed by atoms with E-state index in [4.69, 9.17) is 9.47 Å². The maximum Gasteiger partial charge on any atom is 0.347 e. The molecule has 110 valence electrons. The highest BCUT2D eigenvalue weighted by atomic mass is 16.6. The van der Waals surface area contributed by atoms with E-state index in [1.807, 2.05) is 56.3 Å². The summed E-state index contributed by atoms with van der Waals surface area (Å²) in [5.41, 5.74) is 2.26. The molecule has 0 aliphatic carbocycles. The molecule has 0 saturated heterocycles. The van der Waals surface area contributed by atoms with Crippen molar-refractivity contribution in [2.45, 2.75) is 33.0 Å². The Bertz CT molecular complexity index is 573. The summed E-state index contributed by atoms with van der Waals surface area (Å²) in [7, 11) is 0. The molecule has 0 amide bonds. The van der Waals surface area contributed by atoms with Gasteiger partial charge in [-0.25, -0.2) is 4.79 Å². The van der Waals surface area contributed by atoms with E-state index >= 15 is 0 Å². The van der Waals surface area contributed by atoms with Crippen molar-refractivity contribution < 1.29 is 14.3 Å². The first-order valence-corrected chi connectivity index (χ1v) is 7.09. The van der Waals surface area contributed by atoms with Gasteiger partial charge in [-0.1, -0.05) is 42.5 Å². The van der Waals surface area contributed by atoms with Crippen LogP contribution in [0.25, 0.3) is 11.1 Å². The molecular weight excluding hydrogens is 264 g/mol. The topological polar surface area (TPSA) is 35.5 Å². The van der Waals surface area contributed by atoms with Gasteiger partial charge in [0.15, 0.2) is 6.10 Å². The average Bonchev–Trinajstić information content (AvgIpc) is 2.48. The molecule has 1 atom stereocenters. The summed E-state index contributed by atoms with van der Waals surface area (Å²) in [6.07, 6.45) is -0.751. The number of hydrogen-bond donors (Lipinski definition) is 0. The van der Waals surface area contributed by atoms with Crippen LogP contribution in [0.1, 0.15) is 20.8 Å². The quantitative estimate of drug-likeness (QED) is 0.776. The van der Waals surface area contributed by atoms with Gasteiger partial charge in [0.25, 0.3) is 0 Å². The molecule has 0 spiro atoms. The van der Waals surface area contributed by atoms with Crippen LogP contribution in [0.2, 0.25) is 0 Å². The van der Waals surface area contributed by atoms with E-state index in [0.29, 0.717) is 5.75 Å². The van der Waals surface area contributed by atoms with Crippen LogP contribution >= 0.6 is 0 Å². The Morgan fingerprint density at radius 3 is 2.00 bits per heavy atom. The fourth-order valence-electron chi connectivity index (χ4n) is 1.94. The first-order chi connectivity index (χ1) is 10.1. The summed E-state index contributed by atoms with van der Waals surface area (Å²) in [6.45, 7) is 5.33. The lowest BCUT2D eigenvalue weighted by Gasteiger charge is -2.16. The molecule has 0 aliphatic heterocycles. The second kappa shape index (κ2) is 6.93. The van der Waals surface area contributed by atoms with Gasteiger partial charge in [-0.05, 0) is 44.0 Å². The van der Waals surface area contributed by atoms with Crippen molar-refractivity contribution in [3.8, 4) is 16.9 Å². The van der Waals surface area contributed by atoms with Crippen molar-refractivity contribution in [2.24, 2.45) is 0 Å². The molecule has 2 rings (SSSR count). The second-order valence-electron chi connectivity index (χ2n) is 5.14. The highest BCUT2D eigenvalue weighted by molar-refractivity contribution is 5.74. The number of carbonyl (C=O) groups is 1. The van der Waals surface area contributed by atoms with Gasteiger partial charge in [0.1, 0.15) is 5.75 Å². The predicted octanol–water partition coefficient (Wildman–Crippen LogP) is 4.07. The molecular formula is C18H20O3. The second-order valence-corrected chi connectivity index (χ2v) is 5.14. The van der Waals surface area contributed by atoms with Crippen molar-refractivity contribution in [2.75, 3.05) is 0 Å². The van der Waals surface area contributed by atoms with Gasteiger partial charge in [0.2, 0.25) is 0 Å². The smallest absolute Gasteiger partial charge is 0.347 e. The van der Waals surface area contributed by atoms with E-state index in [-0.39, 0.29) is 12.1 Å². The minimum atomic E-state index is -0.616. The summed E-state index contributed by atoms with van der Waals surface area (Å²) in [6, 6.07) is 17.8. The van der Waals surface area contributed by atoms with Gasteiger partial charge in [-0.2, -0.15) is 0 Å². The summed E-state index contributed by atoms with van der Waals surface area (Å²) >= 11 is 0. The van der Waals surface area contributed by atoms with Gasteiger partial charge < -0.3 is 9.47 Å². The van der Waals surface area contributed by atoms with Crippen LogP contribution in [-0.4, -0.2) is 18.2 Å². The third kappa shape index (κ3) is 4.35. The van der Waals surface area contributed by atoms with Crippen LogP contribution < -0.4 is 4.74 Å². The van der Waals surface area contributed by atoms with Gasteiger partial charge in [0.05, 0.1) is 6.10 Å². The number of carbonyl (C=O) groups excluding carboxylic acids is 1. The summed E-state index contributed by atoms with van der Waals surface area (Å²) in [5.74, 6) is 0.306. The van der Waals surface area contributed by atoms with E-state index in [1.54, 1.807) is 6.92 Å². The normalized spacial score (nSPS) is 12.0. The highest BCUT2D eigenvalue weighted by Gasteiger charge is 2.17. The third-order valence-corrected chi connectivity index (χ3v) is 2.96. The van der Waals surface area contributed by atoms with Gasteiger partial charge in [0, 0.05) is 0 Å². The van der Waals surface area contributed by atoms with Crippen molar-refractivity contribution in [1.29, 1.82) is 0 Å².